The summed E-state index contributed by atoms with van der Waals surface area (Å²) in [4.78, 5) is 23.0. The van der Waals surface area contributed by atoms with E-state index in [4.69, 9.17) is 4.74 Å². The van der Waals surface area contributed by atoms with Gasteiger partial charge in [0.2, 0.25) is 11.9 Å². The van der Waals surface area contributed by atoms with Gasteiger partial charge in [-0.05, 0) is 19.1 Å². The maximum absolute atomic E-state index is 11.9. The first-order valence-electron chi connectivity index (χ1n) is 7.62. The number of carbonyl (C=O) groups excluding carboxylic acids is 1. The largest absolute Gasteiger partial charge is 0.378 e. The highest BCUT2D eigenvalue weighted by molar-refractivity contribution is 5.75. The molecule has 0 unspecified atom stereocenters. The van der Waals surface area contributed by atoms with Crippen molar-refractivity contribution in [1.29, 1.82) is 0 Å². The first-order valence-corrected chi connectivity index (χ1v) is 7.62. The maximum Gasteiger partial charge on any atom is 0.242 e. The molecule has 122 valence electrons. The third-order valence-corrected chi connectivity index (χ3v) is 3.52. The van der Waals surface area contributed by atoms with Crippen LogP contribution in [0.3, 0.4) is 0 Å². The van der Waals surface area contributed by atoms with Gasteiger partial charge in [-0.1, -0.05) is 0 Å². The molecule has 0 aromatic carbocycles. The number of nitrogens with zero attached hydrogens (tertiary/aromatic N) is 5. The van der Waals surface area contributed by atoms with E-state index in [1.165, 1.54) is 0 Å². The Morgan fingerprint density at radius 1 is 1.35 bits per heavy atom. The van der Waals surface area contributed by atoms with E-state index in [1.807, 2.05) is 13.0 Å². The van der Waals surface area contributed by atoms with Crippen molar-refractivity contribution >= 4 is 11.9 Å². The second kappa shape index (κ2) is 7.19. The first kappa shape index (κ1) is 15.4. The molecule has 1 saturated heterocycles. The smallest absolute Gasteiger partial charge is 0.242 e. The summed E-state index contributed by atoms with van der Waals surface area (Å²) >= 11 is 0. The van der Waals surface area contributed by atoms with Crippen molar-refractivity contribution < 1.29 is 9.53 Å². The van der Waals surface area contributed by atoms with Crippen molar-refractivity contribution in [1.82, 2.24) is 25.1 Å². The fourth-order valence-corrected chi connectivity index (χ4v) is 2.40. The van der Waals surface area contributed by atoms with Crippen LogP contribution in [0.4, 0.5) is 5.95 Å². The van der Waals surface area contributed by atoms with E-state index in [1.54, 1.807) is 23.1 Å². The summed E-state index contributed by atoms with van der Waals surface area (Å²) in [5, 5.41) is 6.87. The lowest BCUT2D eigenvalue weighted by Gasteiger charge is -2.27. The molecule has 8 nitrogen and oxygen atoms in total. The van der Waals surface area contributed by atoms with Gasteiger partial charge in [-0.15, -0.1) is 0 Å². The van der Waals surface area contributed by atoms with E-state index in [9.17, 15) is 4.79 Å². The average Bonchev–Trinajstić information content (AvgIpc) is 3.06. The number of rotatable bonds is 5. The second-order valence-corrected chi connectivity index (χ2v) is 5.38. The molecule has 0 radical (unpaired) electrons. The minimum Gasteiger partial charge on any atom is -0.378 e. The highest BCUT2D eigenvalue weighted by atomic mass is 16.5. The van der Waals surface area contributed by atoms with Crippen LogP contribution in [0.15, 0.2) is 24.5 Å². The lowest BCUT2D eigenvalue weighted by molar-refractivity contribution is -0.122. The van der Waals surface area contributed by atoms with Gasteiger partial charge in [0.25, 0.3) is 0 Å². The van der Waals surface area contributed by atoms with Crippen LogP contribution in [0.5, 0.6) is 0 Å². The number of anilines is 1. The summed E-state index contributed by atoms with van der Waals surface area (Å²) in [5.74, 6) is 0.600. The number of nitrogens with one attached hydrogen (secondary N) is 1. The van der Waals surface area contributed by atoms with Crippen LogP contribution in [0, 0.1) is 6.92 Å². The second-order valence-electron chi connectivity index (χ2n) is 5.38. The van der Waals surface area contributed by atoms with Crippen molar-refractivity contribution in [2.45, 2.75) is 20.0 Å². The van der Waals surface area contributed by atoms with Gasteiger partial charge in [-0.3, -0.25) is 9.48 Å². The Bertz CT molecular complexity index is 652. The SMILES string of the molecule is Cc1cc(CNC(=O)Cn2cccn2)nc(N2CCOCC2)n1. The number of aryl methyl sites for hydroxylation is 1. The van der Waals surface area contributed by atoms with Gasteiger partial charge < -0.3 is 15.0 Å². The molecule has 2 aromatic heterocycles. The van der Waals surface area contributed by atoms with Gasteiger partial charge in [-0.25, -0.2) is 9.97 Å². The third-order valence-electron chi connectivity index (χ3n) is 3.52. The molecule has 1 amide bonds. The van der Waals surface area contributed by atoms with Gasteiger partial charge in [0.1, 0.15) is 6.54 Å². The molecule has 23 heavy (non-hydrogen) atoms. The van der Waals surface area contributed by atoms with Crippen molar-refractivity contribution in [3.63, 3.8) is 0 Å². The number of ether oxygens (including phenoxy) is 1. The minimum atomic E-state index is -0.0992. The Hall–Kier alpha value is -2.48. The summed E-state index contributed by atoms with van der Waals surface area (Å²) in [5.41, 5.74) is 1.69. The molecule has 1 aliphatic heterocycles. The zero-order chi connectivity index (χ0) is 16.1. The Kier molecular flexibility index (Phi) is 4.82. The molecule has 8 heteroatoms. The lowest BCUT2D eigenvalue weighted by atomic mass is 10.3. The Balaban J connectivity index is 1.60. The first-order chi connectivity index (χ1) is 11.2. The quantitative estimate of drug-likeness (QED) is 0.844. The molecule has 0 atom stereocenters. The number of carbonyl (C=O) groups is 1. The molecule has 3 heterocycles. The van der Waals surface area contributed by atoms with Crippen LogP contribution >= 0.6 is 0 Å². The molecule has 0 bridgehead atoms. The summed E-state index contributed by atoms with van der Waals surface area (Å²) in [6, 6.07) is 3.67. The standard InChI is InChI=1S/C15H20N6O2/c1-12-9-13(10-16-14(22)11-21-4-2-3-17-21)19-15(18-12)20-5-7-23-8-6-20/h2-4,9H,5-8,10-11H2,1H3,(H,16,22). The topological polar surface area (TPSA) is 85.2 Å². The summed E-state index contributed by atoms with van der Waals surface area (Å²) in [6.07, 6.45) is 3.40. The van der Waals surface area contributed by atoms with E-state index in [2.05, 4.69) is 25.3 Å². The van der Waals surface area contributed by atoms with E-state index in [0.717, 1.165) is 24.5 Å². The van der Waals surface area contributed by atoms with Crippen molar-refractivity contribution in [2.75, 3.05) is 31.2 Å². The van der Waals surface area contributed by atoms with Crippen molar-refractivity contribution in [2.24, 2.45) is 0 Å². The molecular formula is C15H20N6O2. The highest BCUT2D eigenvalue weighted by Crippen LogP contribution is 2.12. The number of hydrogen-bond donors (Lipinski definition) is 1. The monoisotopic (exact) mass is 316 g/mol. The predicted octanol–water partition coefficient (Wildman–Crippen LogP) is 0.135. The fourth-order valence-electron chi connectivity index (χ4n) is 2.40. The molecule has 0 spiro atoms. The van der Waals surface area contributed by atoms with E-state index in [0.29, 0.717) is 25.7 Å². The minimum absolute atomic E-state index is 0.0992. The average molecular weight is 316 g/mol. The molecule has 2 aromatic rings. The molecule has 0 saturated carbocycles. The summed E-state index contributed by atoms with van der Waals surface area (Å²) in [7, 11) is 0. The molecule has 3 rings (SSSR count). The summed E-state index contributed by atoms with van der Waals surface area (Å²) < 4.78 is 6.93. The molecule has 1 fully saturated rings. The number of amides is 1. The molecule has 0 aliphatic carbocycles. The third kappa shape index (κ3) is 4.26. The zero-order valence-corrected chi connectivity index (χ0v) is 13.1. The summed E-state index contributed by atoms with van der Waals surface area (Å²) in [6.45, 7) is 5.46. The van der Waals surface area contributed by atoms with E-state index < -0.39 is 0 Å². The molecule has 1 N–H and O–H groups in total. The Morgan fingerprint density at radius 3 is 2.91 bits per heavy atom. The lowest BCUT2D eigenvalue weighted by Crippen LogP contribution is -2.37. The predicted molar refractivity (Wildman–Crippen MR) is 83.9 cm³/mol. The maximum atomic E-state index is 11.9. The van der Waals surface area contributed by atoms with Gasteiger partial charge >= 0.3 is 0 Å². The van der Waals surface area contributed by atoms with Crippen LogP contribution in [0.2, 0.25) is 0 Å². The molecular weight excluding hydrogens is 296 g/mol. The van der Waals surface area contributed by atoms with Crippen molar-refractivity contribution in [3.05, 3.63) is 35.9 Å². The number of hydrogen-bond acceptors (Lipinski definition) is 6. The zero-order valence-electron chi connectivity index (χ0n) is 13.1. The number of morpholine rings is 1. The molecule has 1 aliphatic rings. The Morgan fingerprint density at radius 2 is 2.17 bits per heavy atom. The normalized spacial score (nSPS) is 14.7. The van der Waals surface area contributed by atoms with Crippen LogP contribution < -0.4 is 10.2 Å². The van der Waals surface area contributed by atoms with E-state index in [-0.39, 0.29) is 12.5 Å². The fraction of sp³-hybridized carbons (Fsp3) is 0.467. The van der Waals surface area contributed by atoms with Gasteiger partial charge in [-0.2, -0.15) is 5.10 Å². The van der Waals surface area contributed by atoms with Crippen LogP contribution in [-0.4, -0.2) is 52.0 Å². The number of aromatic nitrogens is 4. The van der Waals surface area contributed by atoms with Gasteiger partial charge in [0.05, 0.1) is 25.5 Å². The highest BCUT2D eigenvalue weighted by Gasteiger charge is 2.15. The van der Waals surface area contributed by atoms with Crippen molar-refractivity contribution in [3.8, 4) is 0 Å². The van der Waals surface area contributed by atoms with E-state index >= 15 is 0 Å². The van der Waals surface area contributed by atoms with Crippen LogP contribution in [0.25, 0.3) is 0 Å². The van der Waals surface area contributed by atoms with Gasteiger partial charge in [0, 0.05) is 31.2 Å². The van der Waals surface area contributed by atoms with Gasteiger partial charge in [0.15, 0.2) is 0 Å². The van der Waals surface area contributed by atoms with Crippen LogP contribution in [0.1, 0.15) is 11.4 Å². The van der Waals surface area contributed by atoms with Crippen LogP contribution in [-0.2, 0) is 22.6 Å². The Labute approximate surface area is 134 Å².